The van der Waals surface area contributed by atoms with E-state index >= 15 is 0 Å². The molecular weight excluding hydrogens is 432 g/mol. The second-order valence-corrected chi connectivity index (χ2v) is 7.63. The fourth-order valence-electron chi connectivity index (χ4n) is 3.41. The second kappa shape index (κ2) is 9.15. The molecule has 1 heterocycles. The highest BCUT2D eigenvalue weighted by molar-refractivity contribution is 7.98. The van der Waals surface area contributed by atoms with E-state index in [1.54, 1.807) is 19.2 Å². The molecule has 2 aromatic carbocycles. The maximum atomic E-state index is 14.0. The number of hydrogen-bond donors (Lipinski definition) is 2. The highest BCUT2D eigenvalue weighted by Crippen LogP contribution is 2.39. The Balaban J connectivity index is 2.05. The van der Waals surface area contributed by atoms with Crippen LogP contribution in [0.4, 0.5) is 23.2 Å². The minimum Gasteiger partial charge on any atom is -0.395 e. The molecule has 0 saturated heterocycles. The highest BCUT2D eigenvalue weighted by Gasteiger charge is 2.35. The summed E-state index contributed by atoms with van der Waals surface area (Å²) in [4.78, 5) is 13.3. The lowest BCUT2D eigenvalue weighted by Crippen LogP contribution is -2.12. The van der Waals surface area contributed by atoms with Crippen LogP contribution in [0.25, 0.3) is 11.3 Å². The van der Waals surface area contributed by atoms with Crippen molar-refractivity contribution >= 4 is 23.4 Å². The molecule has 9 heteroatoms. The predicted octanol–water partition coefficient (Wildman–Crippen LogP) is 5.59. The Morgan fingerprint density at radius 2 is 1.90 bits per heavy atom. The van der Waals surface area contributed by atoms with Crippen LogP contribution in [0.1, 0.15) is 21.5 Å². The van der Waals surface area contributed by atoms with Gasteiger partial charge in [-0.2, -0.15) is 13.2 Å². The Morgan fingerprint density at radius 3 is 2.52 bits per heavy atom. The lowest BCUT2D eigenvalue weighted by atomic mass is 10.00. The van der Waals surface area contributed by atoms with Gasteiger partial charge in [-0.15, -0.1) is 11.8 Å². The van der Waals surface area contributed by atoms with Gasteiger partial charge in [-0.1, -0.05) is 18.2 Å². The van der Waals surface area contributed by atoms with E-state index in [2.05, 4.69) is 5.32 Å². The van der Waals surface area contributed by atoms with E-state index in [0.29, 0.717) is 10.5 Å². The number of anilines is 1. The van der Waals surface area contributed by atoms with E-state index in [1.165, 1.54) is 52.9 Å². The zero-order valence-corrected chi connectivity index (χ0v) is 17.6. The molecule has 0 aliphatic carbocycles. The van der Waals surface area contributed by atoms with Crippen LogP contribution >= 0.6 is 11.8 Å². The number of thioether (sulfide) groups is 1. The summed E-state index contributed by atoms with van der Waals surface area (Å²) in [6, 6.07) is 9.34. The first kappa shape index (κ1) is 22.9. The van der Waals surface area contributed by atoms with Gasteiger partial charge in [0.25, 0.3) is 5.91 Å². The predicted molar refractivity (Wildman–Crippen MR) is 113 cm³/mol. The molecule has 0 spiro atoms. The molecule has 1 amide bonds. The van der Waals surface area contributed by atoms with E-state index in [0.717, 1.165) is 6.07 Å². The zero-order chi connectivity index (χ0) is 22.8. The number of carbonyl (C=O) groups excluding carboxylic acids is 1. The third kappa shape index (κ3) is 4.77. The van der Waals surface area contributed by atoms with Crippen molar-refractivity contribution in [1.29, 1.82) is 0 Å². The first-order valence-corrected chi connectivity index (χ1v) is 10.5. The maximum Gasteiger partial charge on any atom is 0.417 e. The summed E-state index contributed by atoms with van der Waals surface area (Å²) in [5.74, 6) is -1.07. The van der Waals surface area contributed by atoms with E-state index in [1.807, 2.05) is 0 Å². The summed E-state index contributed by atoms with van der Waals surface area (Å²) in [5.41, 5.74) is -0.0473. The minimum atomic E-state index is -4.59. The molecule has 0 aliphatic rings. The van der Waals surface area contributed by atoms with Crippen molar-refractivity contribution in [3.05, 3.63) is 71.2 Å². The first-order chi connectivity index (χ1) is 14.7. The molecule has 0 fully saturated rings. The van der Waals surface area contributed by atoms with Gasteiger partial charge in [0.15, 0.2) is 0 Å². The van der Waals surface area contributed by atoms with E-state index in [9.17, 15) is 27.5 Å². The van der Waals surface area contributed by atoms with Gasteiger partial charge < -0.3 is 15.0 Å². The summed E-state index contributed by atoms with van der Waals surface area (Å²) in [5, 5.41) is 12.0. The van der Waals surface area contributed by atoms with Crippen LogP contribution in [-0.4, -0.2) is 28.4 Å². The number of carbonyl (C=O) groups is 1. The van der Waals surface area contributed by atoms with Gasteiger partial charge in [-0.3, -0.25) is 4.79 Å². The van der Waals surface area contributed by atoms with Crippen molar-refractivity contribution < 1.29 is 27.5 Å². The fraction of sp³-hybridized carbons (Fsp3) is 0.227. The van der Waals surface area contributed by atoms with Crippen LogP contribution < -0.4 is 5.32 Å². The minimum absolute atomic E-state index is 0.00664. The second-order valence-electron chi connectivity index (χ2n) is 6.78. The Kier molecular flexibility index (Phi) is 6.76. The molecule has 4 nitrogen and oxygen atoms in total. The average molecular weight is 452 g/mol. The zero-order valence-electron chi connectivity index (χ0n) is 16.8. The molecule has 0 saturated carbocycles. The molecule has 0 aliphatic heterocycles. The number of hydrogen-bond acceptors (Lipinski definition) is 3. The number of aliphatic hydroxyl groups excluding tert-OH is 1. The number of benzene rings is 2. The standard InChI is InChI=1S/C22H20F4N2O2S/c1-13-16(21(30)27-14-7-8-19(31-2)18(23)11-14)12-28(9-10-29)20(13)15-5-3-4-6-17(15)22(24,25)26/h3-8,11-12,29H,9-10H2,1-2H3,(H,27,30). The van der Waals surface area contributed by atoms with Crippen molar-refractivity contribution in [1.82, 2.24) is 4.57 Å². The van der Waals surface area contributed by atoms with Gasteiger partial charge in [0.2, 0.25) is 0 Å². The molecule has 0 radical (unpaired) electrons. The Morgan fingerprint density at radius 1 is 1.19 bits per heavy atom. The number of rotatable bonds is 6. The van der Waals surface area contributed by atoms with Gasteiger partial charge in [-0.25, -0.2) is 4.39 Å². The summed E-state index contributed by atoms with van der Waals surface area (Å²) in [7, 11) is 0. The van der Waals surface area contributed by atoms with E-state index in [-0.39, 0.29) is 35.7 Å². The third-order valence-corrected chi connectivity index (χ3v) is 5.59. The molecule has 31 heavy (non-hydrogen) atoms. The first-order valence-electron chi connectivity index (χ1n) is 9.29. The van der Waals surface area contributed by atoms with Crippen LogP contribution in [0, 0.1) is 12.7 Å². The largest absolute Gasteiger partial charge is 0.417 e. The molecule has 0 atom stereocenters. The van der Waals surface area contributed by atoms with Crippen LogP contribution in [0.2, 0.25) is 0 Å². The van der Waals surface area contributed by atoms with Crippen LogP contribution in [0.5, 0.6) is 0 Å². The Labute approximate surface area is 180 Å². The number of aromatic nitrogens is 1. The normalized spacial score (nSPS) is 11.6. The Hall–Kier alpha value is -2.78. The summed E-state index contributed by atoms with van der Waals surface area (Å²) < 4.78 is 56.1. The lowest BCUT2D eigenvalue weighted by molar-refractivity contribution is -0.137. The molecule has 2 N–H and O–H groups in total. The summed E-state index contributed by atoms with van der Waals surface area (Å²) >= 11 is 1.23. The van der Waals surface area contributed by atoms with Crippen molar-refractivity contribution in [3.63, 3.8) is 0 Å². The van der Waals surface area contributed by atoms with E-state index in [4.69, 9.17) is 0 Å². The van der Waals surface area contributed by atoms with Gasteiger partial charge in [0.1, 0.15) is 5.82 Å². The molecule has 0 bridgehead atoms. The van der Waals surface area contributed by atoms with Gasteiger partial charge in [0, 0.05) is 28.9 Å². The smallest absolute Gasteiger partial charge is 0.395 e. The molecule has 1 aromatic heterocycles. The molecular formula is C22H20F4N2O2S. The third-order valence-electron chi connectivity index (χ3n) is 4.81. The van der Waals surface area contributed by atoms with Gasteiger partial charge in [0.05, 0.1) is 23.4 Å². The monoisotopic (exact) mass is 452 g/mol. The fourth-order valence-corrected chi connectivity index (χ4v) is 3.87. The van der Waals surface area contributed by atoms with Crippen LogP contribution in [0.3, 0.4) is 0 Å². The molecule has 3 rings (SSSR count). The highest BCUT2D eigenvalue weighted by atomic mass is 32.2. The number of alkyl halides is 3. The SMILES string of the molecule is CSc1ccc(NC(=O)c2cn(CCO)c(-c3ccccc3C(F)(F)F)c2C)cc1F. The number of amides is 1. The average Bonchev–Trinajstić information content (AvgIpc) is 3.04. The van der Waals surface area contributed by atoms with Crippen LogP contribution in [0.15, 0.2) is 53.6 Å². The summed E-state index contributed by atoms with van der Waals surface area (Å²) in [6.45, 7) is 1.23. The van der Waals surface area contributed by atoms with Gasteiger partial charge in [-0.05, 0) is 43.0 Å². The molecule has 164 valence electrons. The quantitative estimate of drug-likeness (QED) is 0.379. The summed E-state index contributed by atoms with van der Waals surface area (Å²) in [6.07, 6.45) is -1.46. The topological polar surface area (TPSA) is 54.3 Å². The lowest BCUT2D eigenvalue weighted by Gasteiger charge is -2.15. The van der Waals surface area contributed by atoms with Crippen molar-refractivity contribution in [3.8, 4) is 11.3 Å². The van der Waals surface area contributed by atoms with Crippen molar-refractivity contribution in [2.45, 2.75) is 24.5 Å². The van der Waals surface area contributed by atoms with Crippen LogP contribution in [-0.2, 0) is 12.7 Å². The number of halogens is 4. The van der Waals surface area contributed by atoms with Crippen molar-refractivity contribution in [2.24, 2.45) is 0 Å². The Bertz CT molecular complexity index is 1110. The van der Waals surface area contributed by atoms with Gasteiger partial charge >= 0.3 is 6.18 Å². The molecule has 0 unspecified atom stereocenters. The maximum absolute atomic E-state index is 14.0. The van der Waals surface area contributed by atoms with Crippen molar-refractivity contribution in [2.75, 3.05) is 18.2 Å². The van der Waals surface area contributed by atoms with E-state index < -0.39 is 23.5 Å². The molecule has 3 aromatic rings. The number of nitrogens with zero attached hydrogens (tertiary/aromatic N) is 1. The number of aliphatic hydroxyl groups is 1. The number of nitrogens with one attached hydrogen (secondary N) is 1.